The second-order valence-electron chi connectivity index (χ2n) is 6.46. The van der Waals surface area contributed by atoms with Crippen molar-refractivity contribution in [3.8, 4) is 0 Å². The molecule has 0 saturated heterocycles. The molecule has 5 nitrogen and oxygen atoms in total. The molecule has 2 aromatic heterocycles. The van der Waals surface area contributed by atoms with Crippen LogP contribution in [0, 0.1) is 0 Å². The van der Waals surface area contributed by atoms with Gasteiger partial charge in [-0.05, 0) is 41.8 Å². The van der Waals surface area contributed by atoms with E-state index in [9.17, 15) is 4.79 Å². The Hall–Kier alpha value is -3.21. The average molecular weight is 344 g/mol. The number of fused-ring (bicyclic) bond motifs is 2. The maximum Gasteiger partial charge on any atom is 0.220 e. The number of amides is 1. The molecule has 4 aromatic rings. The van der Waals surface area contributed by atoms with E-state index in [-0.39, 0.29) is 11.9 Å². The molecule has 2 heterocycles. The first-order valence-corrected chi connectivity index (χ1v) is 8.77. The predicted octanol–water partition coefficient (Wildman–Crippen LogP) is 3.69. The van der Waals surface area contributed by atoms with Gasteiger partial charge in [-0.1, -0.05) is 48.5 Å². The number of hydrogen-bond donors (Lipinski definition) is 1. The summed E-state index contributed by atoms with van der Waals surface area (Å²) < 4.78 is 1.90. The van der Waals surface area contributed by atoms with Crippen LogP contribution >= 0.6 is 0 Å². The molecule has 4 rings (SSSR count). The zero-order valence-corrected chi connectivity index (χ0v) is 14.6. The van der Waals surface area contributed by atoms with Crippen molar-refractivity contribution in [1.82, 2.24) is 19.9 Å². The van der Waals surface area contributed by atoms with E-state index in [0.29, 0.717) is 12.8 Å². The minimum atomic E-state index is -0.198. The van der Waals surface area contributed by atoms with Gasteiger partial charge in [-0.25, -0.2) is 0 Å². The van der Waals surface area contributed by atoms with Gasteiger partial charge in [-0.2, -0.15) is 0 Å². The fraction of sp³-hybridized carbons (Fsp3) is 0.190. The van der Waals surface area contributed by atoms with Gasteiger partial charge in [-0.15, -0.1) is 10.2 Å². The number of carbonyl (C=O) groups is 1. The average Bonchev–Trinajstić information content (AvgIpc) is 3.10. The molecule has 0 aliphatic heterocycles. The lowest BCUT2D eigenvalue weighted by Crippen LogP contribution is -2.28. The highest BCUT2D eigenvalue weighted by atomic mass is 16.1. The molecule has 0 radical (unpaired) electrons. The van der Waals surface area contributed by atoms with E-state index >= 15 is 0 Å². The third kappa shape index (κ3) is 3.28. The second-order valence-corrected chi connectivity index (χ2v) is 6.46. The van der Waals surface area contributed by atoms with Crippen LogP contribution in [-0.4, -0.2) is 20.5 Å². The van der Waals surface area contributed by atoms with Gasteiger partial charge >= 0.3 is 0 Å². The van der Waals surface area contributed by atoms with Crippen LogP contribution in [0.4, 0.5) is 0 Å². The van der Waals surface area contributed by atoms with Crippen LogP contribution in [0.3, 0.4) is 0 Å². The Morgan fingerprint density at radius 3 is 2.73 bits per heavy atom. The van der Waals surface area contributed by atoms with E-state index < -0.39 is 0 Å². The van der Waals surface area contributed by atoms with Crippen molar-refractivity contribution in [2.75, 3.05) is 0 Å². The third-order valence-corrected chi connectivity index (χ3v) is 4.56. The summed E-state index contributed by atoms with van der Waals surface area (Å²) in [7, 11) is 0. The Morgan fingerprint density at radius 2 is 1.85 bits per heavy atom. The molecule has 0 bridgehead atoms. The van der Waals surface area contributed by atoms with E-state index in [1.54, 1.807) is 0 Å². The van der Waals surface area contributed by atoms with Crippen LogP contribution < -0.4 is 5.32 Å². The molecule has 130 valence electrons. The molecule has 0 saturated carbocycles. The van der Waals surface area contributed by atoms with E-state index in [4.69, 9.17) is 0 Å². The van der Waals surface area contributed by atoms with E-state index in [1.807, 2.05) is 47.9 Å². The number of aryl methyl sites for hydroxylation is 1. The zero-order chi connectivity index (χ0) is 17.9. The number of hydrogen-bond acceptors (Lipinski definition) is 3. The minimum Gasteiger partial charge on any atom is -0.346 e. The highest BCUT2D eigenvalue weighted by Gasteiger charge is 2.15. The summed E-state index contributed by atoms with van der Waals surface area (Å²) in [6.45, 7) is 1.93. The second kappa shape index (κ2) is 6.96. The van der Waals surface area contributed by atoms with Gasteiger partial charge in [0.1, 0.15) is 0 Å². The van der Waals surface area contributed by atoms with E-state index in [0.717, 1.165) is 11.5 Å². The lowest BCUT2D eigenvalue weighted by atomic mass is 10.0. The molecule has 0 aliphatic carbocycles. The zero-order valence-electron chi connectivity index (χ0n) is 14.6. The fourth-order valence-corrected chi connectivity index (χ4v) is 3.19. The highest BCUT2D eigenvalue weighted by molar-refractivity contribution is 5.83. The molecule has 1 N–H and O–H groups in total. The van der Waals surface area contributed by atoms with Gasteiger partial charge in [0, 0.05) is 12.6 Å². The number of benzene rings is 2. The molecule has 0 spiro atoms. The Labute approximate surface area is 151 Å². The standard InChI is InChI=1S/C21H20N4O/c1-15(21-24-23-19-8-4-5-13-25(19)21)22-20(26)12-10-16-9-11-17-6-2-3-7-18(17)14-16/h2-9,11,13-15H,10,12H2,1H3,(H,22,26). The van der Waals surface area contributed by atoms with Crippen molar-refractivity contribution in [3.05, 3.63) is 78.2 Å². The SMILES string of the molecule is CC(NC(=O)CCc1ccc2ccccc2c1)c1nnc2ccccn12. The normalized spacial score (nSPS) is 12.3. The summed E-state index contributed by atoms with van der Waals surface area (Å²) in [5.41, 5.74) is 1.94. The Kier molecular flexibility index (Phi) is 4.35. The summed E-state index contributed by atoms with van der Waals surface area (Å²) in [4.78, 5) is 12.4. The topological polar surface area (TPSA) is 59.3 Å². The van der Waals surface area contributed by atoms with Crippen molar-refractivity contribution in [3.63, 3.8) is 0 Å². The molecule has 0 aliphatic rings. The van der Waals surface area contributed by atoms with Crippen LogP contribution in [0.2, 0.25) is 0 Å². The largest absolute Gasteiger partial charge is 0.346 e. The van der Waals surface area contributed by atoms with Gasteiger partial charge in [0.2, 0.25) is 5.91 Å². The van der Waals surface area contributed by atoms with Crippen molar-refractivity contribution >= 4 is 22.3 Å². The van der Waals surface area contributed by atoms with Crippen LogP contribution in [0.1, 0.15) is 30.8 Å². The maximum atomic E-state index is 12.4. The van der Waals surface area contributed by atoms with Crippen LogP contribution in [-0.2, 0) is 11.2 Å². The van der Waals surface area contributed by atoms with E-state index in [1.165, 1.54) is 16.3 Å². The number of rotatable bonds is 5. The van der Waals surface area contributed by atoms with Crippen LogP contribution in [0.5, 0.6) is 0 Å². The molecule has 1 amide bonds. The molecule has 0 fully saturated rings. The summed E-state index contributed by atoms with van der Waals surface area (Å²) in [5, 5.41) is 13.8. The Morgan fingerprint density at radius 1 is 1.04 bits per heavy atom. The highest BCUT2D eigenvalue weighted by Crippen LogP contribution is 2.17. The summed E-state index contributed by atoms with van der Waals surface area (Å²) >= 11 is 0. The van der Waals surface area contributed by atoms with Crippen LogP contribution in [0.25, 0.3) is 16.4 Å². The smallest absolute Gasteiger partial charge is 0.220 e. The van der Waals surface area contributed by atoms with Gasteiger partial charge in [0.25, 0.3) is 0 Å². The molecule has 1 atom stereocenters. The lowest BCUT2D eigenvalue weighted by molar-refractivity contribution is -0.121. The quantitative estimate of drug-likeness (QED) is 0.601. The van der Waals surface area contributed by atoms with Crippen molar-refractivity contribution in [2.24, 2.45) is 0 Å². The van der Waals surface area contributed by atoms with Gasteiger partial charge in [-0.3, -0.25) is 9.20 Å². The maximum absolute atomic E-state index is 12.4. The van der Waals surface area contributed by atoms with Gasteiger partial charge in [0.15, 0.2) is 11.5 Å². The number of carbonyl (C=O) groups excluding carboxylic acids is 1. The molecule has 2 aromatic carbocycles. The Balaban J connectivity index is 1.40. The van der Waals surface area contributed by atoms with Crippen molar-refractivity contribution in [2.45, 2.75) is 25.8 Å². The molecule has 1 unspecified atom stereocenters. The minimum absolute atomic E-state index is 0.0124. The number of aromatic nitrogens is 3. The predicted molar refractivity (Wildman–Crippen MR) is 102 cm³/mol. The summed E-state index contributed by atoms with van der Waals surface area (Å²) in [6.07, 6.45) is 3.06. The number of nitrogens with one attached hydrogen (secondary N) is 1. The third-order valence-electron chi connectivity index (χ3n) is 4.56. The van der Waals surface area contributed by atoms with Crippen LogP contribution in [0.15, 0.2) is 66.9 Å². The molecule has 5 heteroatoms. The first-order valence-electron chi connectivity index (χ1n) is 8.77. The van der Waals surface area contributed by atoms with Gasteiger partial charge in [0.05, 0.1) is 6.04 Å². The van der Waals surface area contributed by atoms with Crippen molar-refractivity contribution in [1.29, 1.82) is 0 Å². The monoisotopic (exact) mass is 344 g/mol. The first kappa shape index (κ1) is 16.3. The summed E-state index contributed by atoms with van der Waals surface area (Å²) in [6, 6.07) is 20.1. The van der Waals surface area contributed by atoms with Gasteiger partial charge < -0.3 is 5.32 Å². The number of nitrogens with zero attached hydrogens (tertiary/aromatic N) is 3. The van der Waals surface area contributed by atoms with Crippen molar-refractivity contribution < 1.29 is 4.79 Å². The Bertz CT molecular complexity index is 1070. The molecule has 26 heavy (non-hydrogen) atoms. The first-order chi connectivity index (χ1) is 12.7. The number of pyridine rings is 1. The molecular weight excluding hydrogens is 324 g/mol. The van der Waals surface area contributed by atoms with E-state index in [2.05, 4.69) is 45.8 Å². The fourth-order valence-electron chi connectivity index (χ4n) is 3.19. The summed E-state index contributed by atoms with van der Waals surface area (Å²) in [5.74, 6) is 0.748. The molecular formula is C21H20N4O. The lowest BCUT2D eigenvalue weighted by Gasteiger charge is -2.12.